The van der Waals surface area contributed by atoms with Crippen LogP contribution in [0, 0.1) is 23.2 Å². The maximum absolute atomic E-state index is 10.2. The van der Waals surface area contributed by atoms with Crippen molar-refractivity contribution in [2.24, 2.45) is 11.8 Å². The van der Waals surface area contributed by atoms with Crippen molar-refractivity contribution in [2.75, 3.05) is 29.9 Å². The molecular formula is C31H38N6. The van der Waals surface area contributed by atoms with Crippen LogP contribution in [0.1, 0.15) is 80.5 Å². The van der Waals surface area contributed by atoms with E-state index in [2.05, 4.69) is 39.3 Å². The Labute approximate surface area is 221 Å². The Morgan fingerprint density at radius 3 is 2.65 bits per heavy atom. The third kappa shape index (κ3) is 5.23. The first-order valence-electron chi connectivity index (χ1n) is 14.1. The summed E-state index contributed by atoms with van der Waals surface area (Å²) in [6.45, 7) is 11.2. The van der Waals surface area contributed by atoms with Gasteiger partial charge in [-0.15, -0.1) is 0 Å². The van der Waals surface area contributed by atoms with E-state index in [1.165, 1.54) is 44.2 Å². The molecular weight excluding hydrogens is 456 g/mol. The molecule has 1 unspecified atom stereocenters. The highest BCUT2D eigenvalue weighted by atomic mass is 15.3. The molecule has 4 aliphatic rings. The summed E-state index contributed by atoms with van der Waals surface area (Å²) < 4.78 is 0. The molecule has 1 saturated heterocycles. The maximum atomic E-state index is 10.2. The fourth-order valence-electron chi connectivity index (χ4n) is 6.33. The lowest BCUT2D eigenvalue weighted by Crippen LogP contribution is -2.54. The van der Waals surface area contributed by atoms with Gasteiger partial charge < -0.3 is 15.1 Å². The summed E-state index contributed by atoms with van der Waals surface area (Å²) in [4.78, 5) is 14.7. The van der Waals surface area contributed by atoms with E-state index in [4.69, 9.17) is 4.98 Å². The van der Waals surface area contributed by atoms with Crippen molar-refractivity contribution in [2.45, 2.75) is 69.7 Å². The smallest absolute Gasteiger partial charge is 0.147 e. The molecule has 2 aromatic rings. The first-order chi connectivity index (χ1) is 18.1. The molecule has 0 amide bonds. The molecule has 0 bridgehead atoms. The molecule has 1 N–H and O–H groups in total. The van der Waals surface area contributed by atoms with Gasteiger partial charge in [-0.1, -0.05) is 44.9 Å². The molecule has 3 heterocycles. The summed E-state index contributed by atoms with van der Waals surface area (Å²) in [6, 6.07) is 8.83. The molecule has 0 radical (unpaired) electrons. The third-order valence-corrected chi connectivity index (χ3v) is 8.69. The minimum Gasteiger partial charge on any atom is -0.368 e. The zero-order valence-electron chi connectivity index (χ0n) is 21.8. The van der Waals surface area contributed by atoms with Crippen LogP contribution in [0.4, 0.5) is 17.3 Å². The summed E-state index contributed by atoms with van der Waals surface area (Å²) >= 11 is 0. The van der Waals surface area contributed by atoms with Crippen LogP contribution in [0.15, 0.2) is 43.3 Å². The Morgan fingerprint density at radius 1 is 1.14 bits per heavy atom. The second-order valence-electron chi connectivity index (χ2n) is 11.4. The topological polar surface area (TPSA) is 68.1 Å². The highest BCUT2D eigenvalue weighted by Gasteiger charge is 2.41. The number of hydrogen-bond donors (Lipinski definition) is 1. The molecule has 3 aliphatic carbocycles. The number of piperazine rings is 1. The predicted octanol–water partition coefficient (Wildman–Crippen LogP) is 6.61. The number of nitrogens with one attached hydrogen (secondary N) is 1. The summed E-state index contributed by atoms with van der Waals surface area (Å²) in [5.74, 6) is 3.61. The van der Waals surface area contributed by atoms with Crippen LogP contribution in [-0.2, 0) is 0 Å². The molecule has 0 aromatic carbocycles. The van der Waals surface area contributed by atoms with Crippen molar-refractivity contribution in [3.63, 3.8) is 0 Å². The minimum atomic E-state index is 0.447. The standard InChI is InChI=1S/C31H38N6/c1-3-22-12-13-33-29(17-22)34-27-18-26(19-32)31(35-30(27)25-10-11-25)36-14-15-37(28(20-36)24-8-9-24)21(2)16-23-6-4-5-7-23/h3,12-13,17-18,23-25,28H,1-2,4-11,14-16,20H2,(H,33,34). The van der Waals surface area contributed by atoms with Crippen molar-refractivity contribution in [3.8, 4) is 6.07 Å². The van der Waals surface area contributed by atoms with Crippen LogP contribution in [0.25, 0.3) is 6.08 Å². The van der Waals surface area contributed by atoms with Gasteiger partial charge in [0.1, 0.15) is 17.7 Å². The van der Waals surface area contributed by atoms with Gasteiger partial charge in [-0.05, 0) is 67.7 Å². The lowest BCUT2D eigenvalue weighted by Gasteiger charge is -2.45. The van der Waals surface area contributed by atoms with E-state index in [9.17, 15) is 5.26 Å². The number of anilines is 3. The largest absolute Gasteiger partial charge is 0.368 e. The molecule has 6 nitrogen and oxygen atoms in total. The molecule has 192 valence electrons. The quantitative estimate of drug-likeness (QED) is 0.423. The van der Waals surface area contributed by atoms with Gasteiger partial charge in [0, 0.05) is 43.5 Å². The Bertz CT molecular complexity index is 1210. The number of hydrogen-bond acceptors (Lipinski definition) is 6. The van der Waals surface area contributed by atoms with Crippen LogP contribution >= 0.6 is 0 Å². The van der Waals surface area contributed by atoms with Gasteiger partial charge in [0.25, 0.3) is 0 Å². The highest BCUT2D eigenvalue weighted by molar-refractivity contribution is 5.69. The van der Waals surface area contributed by atoms with Gasteiger partial charge in [0.2, 0.25) is 0 Å². The molecule has 6 rings (SSSR count). The average molecular weight is 495 g/mol. The maximum Gasteiger partial charge on any atom is 0.147 e. The summed E-state index contributed by atoms with van der Waals surface area (Å²) in [5, 5.41) is 13.6. The van der Waals surface area contributed by atoms with E-state index in [1.54, 1.807) is 6.20 Å². The lowest BCUT2D eigenvalue weighted by atomic mass is 9.98. The number of allylic oxidation sites excluding steroid dienone is 1. The number of nitriles is 1. The molecule has 1 aliphatic heterocycles. The van der Waals surface area contributed by atoms with Crippen LogP contribution in [-0.4, -0.2) is 40.5 Å². The van der Waals surface area contributed by atoms with Crippen LogP contribution in [0.3, 0.4) is 0 Å². The summed E-state index contributed by atoms with van der Waals surface area (Å²) in [6.07, 6.45) is 15.1. The Balaban J connectivity index is 1.25. The second-order valence-corrected chi connectivity index (χ2v) is 11.4. The molecule has 37 heavy (non-hydrogen) atoms. The van der Waals surface area contributed by atoms with E-state index in [0.717, 1.165) is 79.3 Å². The Hall–Kier alpha value is -3.33. The minimum absolute atomic E-state index is 0.447. The number of aromatic nitrogens is 2. The van der Waals surface area contributed by atoms with Crippen molar-refractivity contribution in [3.05, 3.63) is 60.1 Å². The molecule has 3 saturated carbocycles. The normalized spacial score (nSPS) is 22.1. The predicted molar refractivity (Wildman–Crippen MR) is 150 cm³/mol. The third-order valence-electron chi connectivity index (χ3n) is 8.69. The van der Waals surface area contributed by atoms with E-state index >= 15 is 0 Å². The zero-order valence-corrected chi connectivity index (χ0v) is 21.8. The summed E-state index contributed by atoms with van der Waals surface area (Å²) in [7, 11) is 0. The monoisotopic (exact) mass is 494 g/mol. The van der Waals surface area contributed by atoms with Gasteiger partial charge in [-0.25, -0.2) is 9.97 Å². The van der Waals surface area contributed by atoms with E-state index in [-0.39, 0.29) is 0 Å². The van der Waals surface area contributed by atoms with Crippen molar-refractivity contribution in [1.29, 1.82) is 5.26 Å². The Kier molecular flexibility index (Phi) is 6.63. The van der Waals surface area contributed by atoms with Gasteiger partial charge in [-0.2, -0.15) is 5.26 Å². The fourth-order valence-corrected chi connectivity index (χ4v) is 6.33. The molecule has 4 fully saturated rings. The van der Waals surface area contributed by atoms with Crippen LogP contribution in [0.2, 0.25) is 0 Å². The molecule has 1 atom stereocenters. The number of nitrogens with zero attached hydrogens (tertiary/aromatic N) is 5. The first kappa shape index (κ1) is 24.0. The van der Waals surface area contributed by atoms with E-state index in [1.807, 2.05) is 24.3 Å². The van der Waals surface area contributed by atoms with Gasteiger partial charge in [0.15, 0.2) is 0 Å². The molecule has 2 aromatic heterocycles. The van der Waals surface area contributed by atoms with Crippen LogP contribution < -0.4 is 10.2 Å². The lowest BCUT2D eigenvalue weighted by molar-refractivity contribution is 0.193. The fraction of sp³-hybridized carbons (Fsp3) is 0.516. The first-order valence-corrected chi connectivity index (χ1v) is 14.1. The number of rotatable bonds is 9. The zero-order chi connectivity index (χ0) is 25.4. The van der Waals surface area contributed by atoms with Crippen molar-refractivity contribution >= 4 is 23.4 Å². The average Bonchev–Trinajstić information content (AvgIpc) is 3.87. The SMILES string of the molecule is C=Cc1ccnc(Nc2cc(C#N)c(N3CCN(C(=C)CC4CCCC4)C(C4CC4)C3)nc2C2CC2)c1. The van der Waals surface area contributed by atoms with Gasteiger partial charge >= 0.3 is 0 Å². The number of pyridine rings is 2. The molecule has 6 heteroatoms. The van der Waals surface area contributed by atoms with Crippen LogP contribution in [0.5, 0.6) is 0 Å². The van der Waals surface area contributed by atoms with Crippen molar-refractivity contribution in [1.82, 2.24) is 14.9 Å². The van der Waals surface area contributed by atoms with E-state index in [0.29, 0.717) is 17.5 Å². The van der Waals surface area contributed by atoms with Gasteiger partial charge in [-0.3, -0.25) is 0 Å². The summed E-state index contributed by atoms with van der Waals surface area (Å²) in [5.41, 5.74) is 4.95. The van der Waals surface area contributed by atoms with Crippen molar-refractivity contribution < 1.29 is 0 Å². The highest BCUT2D eigenvalue weighted by Crippen LogP contribution is 2.45. The van der Waals surface area contributed by atoms with Gasteiger partial charge in [0.05, 0.1) is 16.9 Å². The second kappa shape index (κ2) is 10.2. The Morgan fingerprint density at radius 2 is 1.95 bits per heavy atom. The molecule has 0 spiro atoms. The van der Waals surface area contributed by atoms with E-state index < -0.39 is 0 Å².